The highest BCUT2D eigenvalue weighted by Gasteiger charge is 2.21. The average Bonchev–Trinajstić information content (AvgIpc) is 2.95. The van der Waals surface area contributed by atoms with Crippen molar-refractivity contribution in [1.82, 2.24) is 10.7 Å². The summed E-state index contributed by atoms with van der Waals surface area (Å²) in [7, 11) is 1.50. The van der Waals surface area contributed by atoms with Crippen LogP contribution in [0.3, 0.4) is 0 Å². The Morgan fingerprint density at radius 2 is 1.88 bits per heavy atom. The summed E-state index contributed by atoms with van der Waals surface area (Å²) in [5.74, 6) is 3.02. The van der Waals surface area contributed by atoms with Crippen LogP contribution in [-0.2, 0) is 16.0 Å². The van der Waals surface area contributed by atoms with Crippen molar-refractivity contribution in [3.8, 4) is 29.6 Å². The number of benzene rings is 3. The Morgan fingerprint density at radius 3 is 2.59 bits per heavy atom. The van der Waals surface area contributed by atoms with Gasteiger partial charge in [-0.3, -0.25) is 9.59 Å². The molecule has 2 amide bonds. The maximum Gasteiger partial charge on any atom is 0.262 e. The molecule has 0 saturated carbocycles. The maximum absolute atomic E-state index is 13.1. The zero-order chi connectivity index (χ0) is 29.6. The molecule has 2 N–H and O–H groups in total. The van der Waals surface area contributed by atoms with Crippen LogP contribution in [0.1, 0.15) is 24.0 Å². The van der Waals surface area contributed by atoms with E-state index in [1.54, 1.807) is 30.3 Å². The lowest BCUT2D eigenvalue weighted by Crippen LogP contribution is -2.46. The highest BCUT2D eigenvalue weighted by molar-refractivity contribution is 9.10. The van der Waals surface area contributed by atoms with Gasteiger partial charge >= 0.3 is 0 Å². The molecular formula is C30H28BrCl2N3O5. The Hall–Kier alpha value is -3.71. The minimum Gasteiger partial charge on any atom is -0.493 e. The average molecular weight is 661 g/mol. The molecule has 0 heterocycles. The Kier molecular flexibility index (Phi) is 12.8. The van der Waals surface area contributed by atoms with Crippen molar-refractivity contribution in [3.63, 3.8) is 0 Å². The van der Waals surface area contributed by atoms with Crippen LogP contribution in [0, 0.1) is 12.3 Å². The molecule has 1 atom stereocenters. The molecule has 0 aliphatic rings. The van der Waals surface area contributed by atoms with Gasteiger partial charge < -0.3 is 19.5 Å². The normalized spacial score (nSPS) is 11.4. The smallest absolute Gasteiger partial charge is 0.262 e. The molecule has 3 rings (SSSR count). The Morgan fingerprint density at radius 1 is 1.10 bits per heavy atom. The number of hydrogen-bond acceptors (Lipinski definition) is 6. The van der Waals surface area contributed by atoms with Gasteiger partial charge in [-0.25, -0.2) is 5.43 Å². The summed E-state index contributed by atoms with van der Waals surface area (Å²) in [4.78, 5) is 25.8. The fourth-order valence-corrected chi connectivity index (χ4v) is 4.69. The Balaban J connectivity index is 1.60. The standard InChI is InChI=1S/C30H28BrCl2N3O5/c1-3-13-41-29-23(31)15-21(17-27(29)39-2)19-34-36-30(38)25(16-20-8-5-4-6-9-20)35-28(37)10-7-14-40-26-12-11-22(32)18-24(26)33/h1,4-6,8-9,11-12,15,17-19,25H,7,10,13-14,16H2,2H3,(H,35,37)(H,36,38)/b34-19-/t25-/m1/s1. The number of terminal acetylenes is 1. The summed E-state index contributed by atoms with van der Waals surface area (Å²) in [5.41, 5.74) is 4.03. The SMILES string of the molecule is C#CCOc1c(Br)cc(/C=N\NC(=O)[C@@H](Cc2ccccc2)NC(=O)CCCOc2ccc(Cl)cc2Cl)cc1OC. The van der Waals surface area contributed by atoms with E-state index < -0.39 is 11.9 Å². The number of carbonyl (C=O) groups excluding carboxylic acids is 2. The summed E-state index contributed by atoms with van der Waals surface area (Å²) in [5, 5.41) is 7.77. The van der Waals surface area contributed by atoms with Gasteiger partial charge in [0, 0.05) is 17.9 Å². The van der Waals surface area contributed by atoms with Crippen molar-refractivity contribution < 1.29 is 23.8 Å². The molecule has 0 saturated heterocycles. The van der Waals surface area contributed by atoms with Crippen LogP contribution in [0.4, 0.5) is 0 Å². The Labute approximate surface area is 257 Å². The molecule has 0 aliphatic carbocycles. The summed E-state index contributed by atoms with van der Waals surface area (Å²) in [6.45, 7) is 0.344. The molecule has 0 spiro atoms. The molecule has 41 heavy (non-hydrogen) atoms. The molecular weight excluding hydrogens is 633 g/mol. The molecule has 0 unspecified atom stereocenters. The van der Waals surface area contributed by atoms with Gasteiger partial charge in [-0.2, -0.15) is 5.10 Å². The highest BCUT2D eigenvalue weighted by atomic mass is 79.9. The third kappa shape index (κ3) is 10.3. The molecule has 0 aliphatic heterocycles. The van der Waals surface area contributed by atoms with Gasteiger partial charge in [-0.15, -0.1) is 6.42 Å². The van der Waals surface area contributed by atoms with Gasteiger partial charge in [0.2, 0.25) is 5.91 Å². The van der Waals surface area contributed by atoms with Crippen LogP contribution in [0.25, 0.3) is 0 Å². The minimum absolute atomic E-state index is 0.0801. The molecule has 0 fully saturated rings. The van der Waals surface area contributed by atoms with Gasteiger partial charge in [-0.1, -0.05) is 59.5 Å². The fourth-order valence-electron chi connectivity index (χ4n) is 3.65. The van der Waals surface area contributed by atoms with Crippen molar-refractivity contribution in [2.24, 2.45) is 5.10 Å². The number of ether oxygens (including phenoxy) is 3. The van der Waals surface area contributed by atoms with Crippen LogP contribution in [0.15, 0.2) is 70.2 Å². The monoisotopic (exact) mass is 659 g/mol. The third-order valence-corrected chi connectivity index (χ3v) is 6.69. The van der Waals surface area contributed by atoms with Crippen LogP contribution in [0.2, 0.25) is 10.0 Å². The minimum atomic E-state index is -0.852. The predicted octanol–water partition coefficient (Wildman–Crippen LogP) is 5.81. The largest absolute Gasteiger partial charge is 0.493 e. The van der Waals surface area contributed by atoms with Crippen molar-refractivity contribution in [3.05, 3.63) is 86.3 Å². The molecule has 8 nitrogen and oxygen atoms in total. The maximum atomic E-state index is 13.1. The number of hydrogen-bond donors (Lipinski definition) is 2. The van der Waals surface area contributed by atoms with Crippen molar-refractivity contribution >= 4 is 57.2 Å². The molecule has 0 aromatic heterocycles. The first kappa shape index (κ1) is 31.8. The van der Waals surface area contributed by atoms with Crippen LogP contribution in [0.5, 0.6) is 17.2 Å². The van der Waals surface area contributed by atoms with Gasteiger partial charge in [0.15, 0.2) is 11.5 Å². The van der Waals surface area contributed by atoms with Crippen molar-refractivity contribution in [1.29, 1.82) is 0 Å². The first-order valence-electron chi connectivity index (χ1n) is 12.5. The van der Waals surface area contributed by atoms with Gasteiger partial charge in [0.25, 0.3) is 5.91 Å². The molecule has 214 valence electrons. The molecule has 0 radical (unpaired) electrons. The van der Waals surface area contributed by atoms with Gasteiger partial charge in [0.1, 0.15) is 18.4 Å². The molecule has 11 heteroatoms. The van der Waals surface area contributed by atoms with Crippen molar-refractivity contribution in [2.45, 2.75) is 25.3 Å². The van der Waals surface area contributed by atoms with Crippen LogP contribution >= 0.6 is 39.1 Å². The summed E-state index contributed by atoms with van der Waals surface area (Å²) < 4.78 is 17.1. The highest BCUT2D eigenvalue weighted by Crippen LogP contribution is 2.36. The lowest BCUT2D eigenvalue weighted by atomic mass is 10.1. The van der Waals surface area contributed by atoms with Crippen LogP contribution < -0.4 is 25.0 Å². The number of methoxy groups -OCH3 is 1. The predicted molar refractivity (Wildman–Crippen MR) is 164 cm³/mol. The summed E-state index contributed by atoms with van der Waals surface area (Å²) >= 11 is 15.4. The topological polar surface area (TPSA) is 98.2 Å². The van der Waals surface area contributed by atoms with Crippen molar-refractivity contribution in [2.75, 3.05) is 20.3 Å². The first-order chi connectivity index (χ1) is 19.8. The van der Waals surface area contributed by atoms with Crippen LogP contribution in [-0.4, -0.2) is 44.4 Å². The van der Waals surface area contributed by atoms with E-state index in [0.29, 0.717) is 43.8 Å². The number of nitrogens with one attached hydrogen (secondary N) is 2. The molecule has 3 aromatic rings. The summed E-state index contributed by atoms with van der Waals surface area (Å²) in [6.07, 6.45) is 7.58. The van der Waals surface area contributed by atoms with E-state index in [2.05, 4.69) is 37.7 Å². The number of halogens is 3. The lowest BCUT2D eigenvalue weighted by molar-refractivity contribution is -0.129. The first-order valence-corrected chi connectivity index (χ1v) is 14.0. The van der Waals surface area contributed by atoms with E-state index >= 15 is 0 Å². The van der Waals surface area contributed by atoms with E-state index in [-0.39, 0.29) is 32.0 Å². The number of amides is 2. The summed E-state index contributed by atoms with van der Waals surface area (Å²) in [6, 6.07) is 16.9. The zero-order valence-electron chi connectivity index (χ0n) is 22.2. The van der Waals surface area contributed by atoms with E-state index in [1.165, 1.54) is 13.3 Å². The van der Waals surface area contributed by atoms with Gasteiger partial charge in [0.05, 0.1) is 29.4 Å². The number of hydrazone groups is 1. The molecule has 0 bridgehead atoms. The second-order valence-electron chi connectivity index (χ2n) is 8.60. The van der Waals surface area contributed by atoms with Gasteiger partial charge in [-0.05, 0) is 63.8 Å². The zero-order valence-corrected chi connectivity index (χ0v) is 25.3. The van der Waals surface area contributed by atoms with E-state index in [4.69, 9.17) is 43.8 Å². The second kappa shape index (κ2) is 16.5. The quantitative estimate of drug-likeness (QED) is 0.0984. The number of nitrogens with zero attached hydrogens (tertiary/aromatic N) is 1. The number of carbonyl (C=O) groups is 2. The lowest BCUT2D eigenvalue weighted by Gasteiger charge is -2.17. The Bertz CT molecular complexity index is 1410. The number of rotatable bonds is 14. The van der Waals surface area contributed by atoms with E-state index in [1.807, 2.05) is 30.3 Å². The second-order valence-corrected chi connectivity index (χ2v) is 10.3. The fraction of sp³-hybridized carbons (Fsp3) is 0.233. The van der Waals surface area contributed by atoms with E-state index in [0.717, 1.165) is 5.56 Å². The van der Waals surface area contributed by atoms with E-state index in [9.17, 15) is 9.59 Å². The molecule has 3 aromatic carbocycles. The third-order valence-electron chi connectivity index (χ3n) is 5.57.